The van der Waals surface area contributed by atoms with Gasteiger partial charge in [-0.25, -0.2) is 9.98 Å². The third-order valence-electron chi connectivity index (χ3n) is 5.95. The number of aliphatic imine (C=N–C) groups is 1. The van der Waals surface area contributed by atoms with Crippen LogP contribution in [0.1, 0.15) is 75.6 Å². The lowest BCUT2D eigenvalue weighted by Crippen LogP contribution is -2.20. The van der Waals surface area contributed by atoms with Gasteiger partial charge in [-0.2, -0.15) is 0 Å². The number of nitrogens with zero attached hydrogens (tertiary/aromatic N) is 2. The van der Waals surface area contributed by atoms with Gasteiger partial charge >= 0.3 is 0 Å². The number of rotatable bonds is 4. The summed E-state index contributed by atoms with van der Waals surface area (Å²) in [6, 6.07) is 6.73. The van der Waals surface area contributed by atoms with Crippen molar-refractivity contribution in [1.82, 2.24) is 4.98 Å². The quantitative estimate of drug-likeness (QED) is 0.807. The summed E-state index contributed by atoms with van der Waals surface area (Å²) in [4.78, 5) is 9.61. The summed E-state index contributed by atoms with van der Waals surface area (Å²) in [5.41, 5.74) is 2.24. The van der Waals surface area contributed by atoms with Crippen molar-refractivity contribution in [3.8, 4) is 0 Å². The normalized spacial score (nSPS) is 26.0. The summed E-state index contributed by atoms with van der Waals surface area (Å²) in [6.07, 6.45) is 11.2. The minimum absolute atomic E-state index is 0.260. The third-order valence-corrected chi connectivity index (χ3v) is 5.95. The van der Waals surface area contributed by atoms with Gasteiger partial charge in [-0.3, -0.25) is 0 Å². The SMILES string of the molecule is C[C@H]1COC(c2cccc(C(C3CCCC3)C3CCCC3)n2)=N1. The van der Waals surface area contributed by atoms with E-state index in [-0.39, 0.29) is 6.04 Å². The molecule has 3 aliphatic rings. The molecule has 1 atom stereocenters. The van der Waals surface area contributed by atoms with E-state index in [1.54, 1.807) is 0 Å². The van der Waals surface area contributed by atoms with Gasteiger partial charge in [0.05, 0.1) is 6.04 Å². The molecule has 1 aromatic rings. The van der Waals surface area contributed by atoms with Gasteiger partial charge in [0.2, 0.25) is 5.90 Å². The first-order valence-corrected chi connectivity index (χ1v) is 9.49. The van der Waals surface area contributed by atoms with E-state index >= 15 is 0 Å². The van der Waals surface area contributed by atoms with Crippen molar-refractivity contribution >= 4 is 5.90 Å². The topological polar surface area (TPSA) is 34.5 Å². The van der Waals surface area contributed by atoms with Crippen molar-refractivity contribution < 1.29 is 4.74 Å². The second-order valence-corrected chi connectivity index (χ2v) is 7.66. The summed E-state index contributed by atoms with van der Waals surface area (Å²) in [7, 11) is 0. The first-order valence-electron chi connectivity index (χ1n) is 9.49. The monoisotopic (exact) mass is 312 g/mol. The molecule has 4 rings (SSSR count). The number of aromatic nitrogens is 1. The van der Waals surface area contributed by atoms with Gasteiger partial charge in [0.1, 0.15) is 12.3 Å². The molecule has 124 valence electrons. The fourth-order valence-electron chi connectivity index (χ4n) is 4.87. The maximum atomic E-state index is 5.72. The van der Waals surface area contributed by atoms with Crippen LogP contribution >= 0.6 is 0 Å². The van der Waals surface area contributed by atoms with E-state index in [1.165, 1.54) is 57.1 Å². The predicted molar refractivity (Wildman–Crippen MR) is 92.8 cm³/mol. The fourth-order valence-corrected chi connectivity index (χ4v) is 4.87. The molecular weight excluding hydrogens is 284 g/mol. The molecule has 23 heavy (non-hydrogen) atoms. The van der Waals surface area contributed by atoms with Gasteiger partial charge in [-0.1, -0.05) is 31.7 Å². The second-order valence-electron chi connectivity index (χ2n) is 7.66. The van der Waals surface area contributed by atoms with E-state index in [4.69, 9.17) is 9.72 Å². The zero-order valence-electron chi connectivity index (χ0n) is 14.2. The van der Waals surface area contributed by atoms with Gasteiger partial charge in [0.25, 0.3) is 0 Å². The smallest absolute Gasteiger partial charge is 0.235 e. The number of hydrogen-bond acceptors (Lipinski definition) is 3. The van der Waals surface area contributed by atoms with Crippen LogP contribution in [0, 0.1) is 11.8 Å². The maximum absolute atomic E-state index is 5.72. The van der Waals surface area contributed by atoms with Crippen LogP contribution in [-0.4, -0.2) is 23.5 Å². The Morgan fingerprint density at radius 3 is 2.22 bits per heavy atom. The summed E-state index contributed by atoms with van der Waals surface area (Å²) >= 11 is 0. The summed E-state index contributed by atoms with van der Waals surface area (Å²) in [6.45, 7) is 2.78. The molecule has 0 bridgehead atoms. The van der Waals surface area contributed by atoms with Crippen molar-refractivity contribution in [2.75, 3.05) is 6.61 Å². The molecule has 0 unspecified atom stereocenters. The highest BCUT2D eigenvalue weighted by Crippen LogP contribution is 2.46. The molecule has 0 spiro atoms. The van der Waals surface area contributed by atoms with Crippen LogP contribution in [0.4, 0.5) is 0 Å². The molecule has 0 radical (unpaired) electrons. The molecule has 0 amide bonds. The van der Waals surface area contributed by atoms with Gasteiger partial charge in [-0.05, 0) is 56.6 Å². The first kappa shape index (κ1) is 15.2. The van der Waals surface area contributed by atoms with Gasteiger partial charge in [0, 0.05) is 11.6 Å². The summed E-state index contributed by atoms with van der Waals surface area (Å²) in [5.74, 6) is 3.08. The van der Waals surface area contributed by atoms with Crippen LogP contribution in [-0.2, 0) is 4.74 Å². The van der Waals surface area contributed by atoms with E-state index < -0.39 is 0 Å². The Hall–Kier alpha value is -1.38. The van der Waals surface area contributed by atoms with Crippen molar-refractivity contribution in [3.63, 3.8) is 0 Å². The Morgan fingerprint density at radius 2 is 1.65 bits per heavy atom. The van der Waals surface area contributed by atoms with Crippen LogP contribution in [0.2, 0.25) is 0 Å². The number of pyridine rings is 1. The molecule has 2 fully saturated rings. The van der Waals surface area contributed by atoms with Crippen molar-refractivity contribution in [2.24, 2.45) is 16.8 Å². The van der Waals surface area contributed by atoms with Crippen LogP contribution in [0.5, 0.6) is 0 Å². The standard InChI is InChI=1S/C20H28N2O/c1-14-13-23-20(21-14)18-12-6-11-17(22-18)19(15-7-2-3-8-15)16-9-4-5-10-16/h6,11-12,14-16,19H,2-5,7-10,13H2,1H3/t14-/m0/s1. The molecule has 1 aromatic heterocycles. The van der Waals surface area contributed by atoms with Gasteiger partial charge in [0.15, 0.2) is 0 Å². The Labute approximate surface area is 139 Å². The van der Waals surface area contributed by atoms with Crippen molar-refractivity contribution in [3.05, 3.63) is 29.6 Å². The van der Waals surface area contributed by atoms with E-state index in [2.05, 4.69) is 30.1 Å². The Bertz CT molecular complexity index is 555. The average Bonchev–Trinajstić information content (AvgIpc) is 3.30. The molecule has 0 N–H and O–H groups in total. The van der Waals surface area contributed by atoms with Gasteiger partial charge < -0.3 is 4.74 Å². The highest BCUT2D eigenvalue weighted by molar-refractivity contribution is 5.93. The second kappa shape index (κ2) is 6.62. The minimum Gasteiger partial charge on any atom is -0.474 e. The van der Waals surface area contributed by atoms with E-state index in [1.807, 2.05) is 0 Å². The van der Waals surface area contributed by atoms with Gasteiger partial charge in [-0.15, -0.1) is 0 Å². The molecule has 1 aliphatic heterocycles. The van der Waals surface area contributed by atoms with Crippen molar-refractivity contribution in [1.29, 1.82) is 0 Å². The lowest BCUT2D eigenvalue weighted by Gasteiger charge is -2.29. The minimum atomic E-state index is 0.260. The third kappa shape index (κ3) is 3.15. The zero-order valence-corrected chi connectivity index (χ0v) is 14.2. The summed E-state index contributed by atoms with van der Waals surface area (Å²) in [5, 5.41) is 0. The van der Waals surface area contributed by atoms with E-state index in [0.717, 1.165) is 23.4 Å². The highest BCUT2D eigenvalue weighted by atomic mass is 16.5. The van der Waals surface area contributed by atoms with Crippen LogP contribution in [0.15, 0.2) is 23.2 Å². The Kier molecular flexibility index (Phi) is 4.37. The highest BCUT2D eigenvalue weighted by Gasteiger charge is 2.35. The molecule has 0 aromatic carbocycles. The molecule has 3 heteroatoms. The van der Waals surface area contributed by atoms with Crippen molar-refractivity contribution in [2.45, 2.75) is 70.3 Å². The molecule has 3 nitrogen and oxygen atoms in total. The van der Waals surface area contributed by atoms with E-state index in [0.29, 0.717) is 12.5 Å². The van der Waals surface area contributed by atoms with Crippen LogP contribution in [0.3, 0.4) is 0 Å². The predicted octanol–water partition coefficient (Wildman–Crippen LogP) is 4.71. The molecular formula is C20H28N2O. The lowest BCUT2D eigenvalue weighted by molar-refractivity contribution is 0.308. The Balaban J connectivity index is 1.64. The van der Waals surface area contributed by atoms with E-state index in [9.17, 15) is 0 Å². The fraction of sp³-hybridized carbons (Fsp3) is 0.700. The Morgan fingerprint density at radius 1 is 1.00 bits per heavy atom. The lowest BCUT2D eigenvalue weighted by atomic mass is 9.77. The van der Waals surface area contributed by atoms with Crippen LogP contribution in [0.25, 0.3) is 0 Å². The zero-order chi connectivity index (χ0) is 15.6. The number of hydrogen-bond donors (Lipinski definition) is 0. The maximum Gasteiger partial charge on any atom is 0.235 e. The summed E-state index contributed by atoms with van der Waals surface area (Å²) < 4.78 is 5.72. The largest absolute Gasteiger partial charge is 0.474 e. The first-order chi connectivity index (χ1) is 11.3. The number of ether oxygens (including phenoxy) is 1. The molecule has 2 heterocycles. The molecule has 0 saturated heterocycles. The van der Waals surface area contributed by atoms with Crippen LogP contribution < -0.4 is 0 Å². The molecule has 2 saturated carbocycles. The average molecular weight is 312 g/mol. The molecule has 2 aliphatic carbocycles.